The predicted molar refractivity (Wildman–Crippen MR) is 72.0 cm³/mol. The first-order valence-electron chi connectivity index (χ1n) is 6.26. The zero-order chi connectivity index (χ0) is 15.1. The lowest BCUT2D eigenvalue weighted by Gasteiger charge is -2.18. The predicted octanol–water partition coefficient (Wildman–Crippen LogP) is 0.779. The summed E-state index contributed by atoms with van der Waals surface area (Å²) in [5, 5.41) is 20.3. The summed E-state index contributed by atoms with van der Waals surface area (Å²) in [4.78, 5) is 21.2. The van der Waals surface area contributed by atoms with Crippen LogP contribution >= 0.6 is 0 Å². The van der Waals surface area contributed by atoms with Gasteiger partial charge in [-0.3, -0.25) is 14.9 Å². The molecule has 1 rings (SSSR count). The molecule has 0 aliphatic rings. The van der Waals surface area contributed by atoms with Gasteiger partial charge in [0.2, 0.25) is 0 Å². The maximum atomic E-state index is 11.2. The summed E-state index contributed by atoms with van der Waals surface area (Å²) in [6, 6.07) is 5.27. The molecule has 20 heavy (non-hydrogen) atoms. The molecule has 7 heteroatoms. The van der Waals surface area contributed by atoms with Crippen molar-refractivity contribution in [3.8, 4) is 0 Å². The number of carbonyl (C=O) groups excluding carboxylic acids is 1. The molecule has 0 aromatic heterocycles. The number of esters is 1. The minimum atomic E-state index is -1.01. The summed E-state index contributed by atoms with van der Waals surface area (Å²) < 4.78 is 4.73. The third-order valence-corrected chi connectivity index (χ3v) is 2.79. The molecule has 0 amide bonds. The van der Waals surface area contributed by atoms with Crippen molar-refractivity contribution in [2.45, 2.75) is 31.9 Å². The molecule has 7 nitrogen and oxygen atoms in total. The van der Waals surface area contributed by atoms with E-state index in [-0.39, 0.29) is 18.7 Å². The van der Waals surface area contributed by atoms with Gasteiger partial charge >= 0.3 is 5.97 Å². The van der Waals surface area contributed by atoms with Crippen LogP contribution in [0.4, 0.5) is 5.69 Å². The lowest BCUT2D eigenvalue weighted by Crippen LogP contribution is -2.38. The molecule has 1 aromatic carbocycles. The molecule has 3 N–H and O–H groups in total. The molecule has 0 unspecified atom stereocenters. The molecule has 110 valence electrons. The van der Waals surface area contributed by atoms with Crippen molar-refractivity contribution in [3.63, 3.8) is 0 Å². The number of aliphatic hydroxyl groups is 1. The highest BCUT2D eigenvalue weighted by Gasteiger charge is 2.19. The van der Waals surface area contributed by atoms with E-state index in [1.807, 2.05) is 0 Å². The number of nitrogens with two attached hydrogens (primary N) is 1. The van der Waals surface area contributed by atoms with Crippen LogP contribution in [0.1, 0.15) is 18.9 Å². The molecule has 0 bridgehead atoms. The molecule has 0 aliphatic carbocycles. The SMILES string of the molecule is CCOC(=O)C[C@H](O)[C@@H](N)Cc1ccc([N+](=O)[O-])cc1. The van der Waals surface area contributed by atoms with E-state index in [1.165, 1.54) is 12.1 Å². The minimum Gasteiger partial charge on any atom is -0.466 e. The third kappa shape index (κ3) is 4.94. The fraction of sp³-hybridized carbons (Fsp3) is 0.462. The Labute approximate surface area is 116 Å². The Hall–Kier alpha value is -1.99. The molecular weight excluding hydrogens is 264 g/mol. The van der Waals surface area contributed by atoms with Crippen molar-refractivity contribution in [1.82, 2.24) is 0 Å². The van der Waals surface area contributed by atoms with Gasteiger partial charge in [0.05, 0.1) is 24.1 Å². The molecule has 0 radical (unpaired) electrons. The van der Waals surface area contributed by atoms with E-state index in [0.29, 0.717) is 6.42 Å². The monoisotopic (exact) mass is 282 g/mol. The van der Waals surface area contributed by atoms with Crippen molar-refractivity contribution >= 4 is 11.7 Å². The molecule has 2 atom stereocenters. The van der Waals surface area contributed by atoms with Crippen LogP contribution in [0.5, 0.6) is 0 Å². The second kappa shape index (κ2) is 7.56. The number of non-ortho nitro benzene ring substituents is 1. The summed E-state index contributed by atoms with van der Waals surface area (Å²) in [5.41, 5.74) is 6.55. The van der Waals surface area contributed by atoms with Crippen LogP contribution in [0.25, 0.3) is 0 Å². The number of benzene rings is 1. The highest BCUT2D eigenvalue weighted by molar-refractivity contribution is 5.70. The summed E-state index contributed by atoms with van der Waals surface area (Å²) in [6.07, 6.45) is -0.857. The second-order valence-electron chi connectivity index (χ2n) is 4.37. The normalized spacial score (nSPS) is 13.6. The molecule has 0 fully saturated rings. The van der Waals surface area contributed by atoms with Crippen LogP contribution in [0.15, 0.2) is 24.3 Å². The largest absolute Gasteiger partial charge is 0.466 e. The minimum absolute atomic E-state index is 0.00519. The van der Waals surface area contributed by atoms with Crippen molar-refractivity contribution in [1.29, 1.82) is 0 Å². The standard InChI is InChI=1S/C13H18N2O5/c1-2-20-13(17)8-12(16)11(14)7-9-3-5-10(6-4-9)15(18)19/h3-6,11-12,16H,2,7-8,14H2,1H3/t11-,12-/m0/s1. The first-order chi connectivity index (χ1) is 9.43. The van der Waals surface area contributed by atoms with Gasteiger partial charge in [-0.15, -0.1) is 0 Å². The maximum absolute atomic E-state index is 11.2. The Balaban J connectivity index is 2.54. The average molecular weight is 282 g/mol. The number of aliphatic hydroxyl groups excluding tert-OH is 1. The molecule has 0 heterocycles. The second-order valence-corrected chi connectivity index (χ2v) is 4.37. The number of nitro groups is 1. The zero-order valence-corrected chi connectivity index (χ0v) is 11.2. The van der Waals surface area contributed by atoms with Crippen LogP contribution in [-0.2, 0) is 16.0 Å². The van der Waals surface area contributed by atoms with Crippen molar-refractivity contribution in [2.75, 3.05) is 6.61 Å². The van der Waals surface area contributed by atoms with Gasteiger partial charge in [0.25, 0.3) is 5.69 Å². The van der Waals surface area contributed by atoms with Crippen molar-refractivity contribution < 1.29 is 19.6 Å². The van der Waals surface area contributed by atoms with E-state index in [4.69, 9.17) is 10.5 Å². The quantitative estimate of drug-likeness (QED) is 0.433. The van der Waals surface area contributed by atoms with Crippen LogP contribution in [0.2, 0.25) is 0 Å². The van der Waals surface area contributed by atoms with Gasteiger partial charge in [-0.25, -0.2) is 0 Å². The van der Waals surface area contributed by atoms with E-state index in [0.717, 1.165) is 5.56 Å². The van der Waals surface area contributed by atoms with Crippen LogP contribution in [0.3, 0.4) is 0 Å². The summed E-state index contributed by atoms with van der Waals surface area (Å²) in [7, 11) is 0. The average Bonchev–Trinajstić information content (AvgIpc) is 2.39. The Morgan fingerprint density at radius 1 is 1.45 bits per heavy atom. The van der Waals surface area contributed by atoms with Gasteiger partial charge in [0.15, 0.2) is 0 Å². The number of rotatable bonds is 7. The van der Waals surface area contributed by atoms with Gasteiger partial charge in [-0.1, -0.05) is 12.1 Å². The number of carbonyl (C=O) groups is 1. The topological polar surface area (TPSA) is 116 Å². The van der Waals surface area contributed by atoms with E-state index < -0.39 is 23.0 Å². The fourth-order valence-corrected chi connectivity index (χ4v) is 1.70. The lowest BCUT2D eigenvalue weighted by atomic mass is 10.00. The van der Waals surface area contributed by atoms with Crippen molar-refractivity contribution in [3.05, 3.63) is 39.9 Å². The number of nitro benzene ring substituents is 1. The summed E-state index contributed by atoms with van der Waals surface area (Å²) in [5.74, 6) is -0.501. The van der Waals surface area contributed by atoms with Gasteiger partial charge in [0.1, 0.15) is 0 Å². The fourth-order valence-electron chi connectivity index (χ4n) is 1.70. The van der Waals surface area contributed by atoms with Crippen molar-refractivity contribution in [2.24, 2.45) is 5.73 Å². The van der Waals surface area contributed by atoms with E-state index in [2.05, 4.69) is 0 Å². The number of nitrogens with zero attached hydrogens (tertiary/aromatic N) is 1. The molecule has 0 saturated carbocycles. The van der Waals surface area contributed by atoms with E-state index in [9.17, 15) is 20.0 Å². The number of ether oxygens (including phenoxy) is 1. The highest BCUT2D eigenvalue weighted by atomic mass is 16.6. The van der Waals surface area contributed by atoms with Gasteiger partial charge in [-0.2, -0.15) is 0 Å². The smallest absolute Gasteiger partial charge is 0.308 e. The number of hydrogen-bond donors (Lipinski definition) is 2. The Morgan fingerprint density at radius 3 is 2.55 bits per heavy atom. The Bertz CT molecular complexity index is 460. The van der Waals surface area contributed by atoms with E-state index in [1.54, 1.807) is 19.1 Å². The maximum Gasteiger partial charge on any atom is 0.308 e. The zero-order valence-electron chi connectivity index (χ0n) is 11.2. The van der Waals surface area contributed by atoms with Crippen LogP contribution in [-0.4, -0.2) is 34.8 Å². The molecule has 0 spiro atoms. The Kier molecular flexibility index (Phi) is 6.08. The highest BCUT2D eigenvalue weighted by Crippen LogP contribution is 2.14. The van der Waals surface area contributed by atoms with Gasteiger partial charge in [0, 0.05) is 18.2 Å². The number of hydrogen-bond acceptors (Lipinski definition) is 6. The first kappa shape index (κ1) is 16.1. The molecular formula is C13H18N2O5. The molecule has 0 saturated heterocycles. The molecule has 1 aromatic rings. The summed E-state index contributed by atoms with van der Waals surface area (Å²) >= 11 is 0. The molecule has 0 aliphatic heterocycles. The third-order valence-electron chi connectivity index (χ3n) is 2.79. The van der Waals surface area contributed by atoms with E-state index >= 15 is 0 Å². The van der Waals surface area contributed by atoms with Crippen LogP contribution < -0.4 is 5.73 Å². The lowest BCUT2D eigenvalue weighted by molar-refractivity contribution is -0.384. The van der Waals surface area contributed by atoms with Crippen LogP contribution in [0, 0.1) is 10.1 Å². The summed E-state index contributed by atoms with van der Waals surface area (Å²) in [6.45, 7) is 1.93. The first-order valence-corrected chi connectivity index (χ1v) is 6.26. The Morgan fingerprint density at radius 2 is 2.05 bits per heavy atom. The van der Waals surface area contributed by atoms with Gasteiger partial charge in [-0.05, 0) is 18.9 Å². The van der Waals surface area contributed by atoms with Gasteiger partial charge < -0.3 is 15.6 Å².